The van der Waals surface area contributed by atoms with E-state index in [1.807, 2.05) is 0 Å². The summed E-state index contributed by atoms with van der Waals surface area (Å²) in [5.41, 5.74) is 0.147. The number of nitrogens with zero attached hydrogens (tertiary/aromatic N) is 3. The summed E-state index contributed by atoms with van der Waals surface area (Å²) >= 11 is 17.2. The molecule has 5 nitrogen and oxygen atoms in total. The van der Waals surface area contributed by atoms with Crippen molar-refractivity contribution in [2.75, 3.05) is 5.32 Å². The normalized spacial score (nSPS) is 10.2. The third-order valence-electron chi connectivity index (χ3n) is 1.93. The lowest BCUT2D eigenvalue weighted by Crippen LogP contribution is -2.15. The molecule has 0 spiro atoms. The molecule has 0 aliphatic rings. The fraction of sp³-hybridized carbons (Fsp3) is 0. The number of rotatable bonds is 2. The highest BCUT2D eigenvalue weighted by Crippen LogP contribution is 2.25. The number of hydrogen-bond acceptors (Lipinski definition) is 4. The molecule has 0 bridgehead atoms. The third kappa shape index (κ3) is 2.87. The topological polar surface area (TPSA) is 67.8 Å². The number of nitrogens with one attached hydrogen (secondary N) is 1. The molecule has 0 radical (unpaired) electrons. The van der Waals surface area contributed by atoms with E-state index in [1.165, 1.54) is 12.4 Å². The van der Waals surface area contributed by atoms with Crippen molar-refractivity contribution < 1.29 is 4.79 Å². The molecule has 2 aromatic rings. The molecule has 0 saturated carbocycles. The monoisotopic (exact) mass is 302 g/mol. The predicted octanol–water partition coefficient (Wildman–Crippen LogP) is 3.08. The second-order valence-electron chi connectivity index (χ2n) is 3.13. The molecule has 0 fully saturated rings. The van der Waals surface area contributed by atoms with E-state index in [9.17, 15) is 4.79 Å². The standard InChI is InChI=1S/C10H5Cl3N4O/c11-6-3-1-2-5(16-6)10(18)17-9-7(12)8(13)14-4-15-9/h1-4H,(H,14,15,17,18). The summed E-state index contributed by atoms with van der Waals surface area (Å²) in [5.74, 6) is -0.377. The molecule has 0 saturated heterocycles. The first-order valence-corrected chi connectivity index (χ1v) is 5.81. The molecule has 2 rings (SSSR count). The van der Waals surface area contributed by atoms with E-state index >= 15 is 0 Å². The maximum absolute atomic E-state index is 11.8. The van der Waals surface area contributed by atoms with Crippen LogP contribution in [0.4, 0.5) is 5.82 Å². The minimum Gasteiger partial charge on any atom is -0.304 e. The second-order valence-corrected chi connectivity index (χ2v) is 4.25. The Morgan fingerprint density at radius 2 is 1.94 bits per heavy atom. The fourth-order valence-corrected chi connectivity index (χ4v) is 1.58. The van der Waals surface area contributed by atoms with E-state index in [0.717, 1.165) is 0 Å². The smallest absolute Gasteiger partial charge is 0.275 e. The molecule has 0 atom stereocenters. The van der Waals surface area contributed by atoms with Gasteiger partial charge in [0.15, 0.2) is 11.0 Å². The maximum Gasteiger partial charge on any atom is 0.275 e. The zero-order valence-electron chi connectivity index (χ0n) is 8.69. The zero-order chi connectivity index (χ0) is 13.1. The van der Waals surface area contributed by atoms with E-state index in [4.69, 9.17) is 34.8 Å². The summed E-state index contributed by atoms with van der Waals surface area (Å²) < 4.78 is 0. The van der Waals surface area contributed by atoms with Crippen molar-refractivity contribution >= 4 is 46.5 Å². The van der Waals surface area contributed by atoms with Crippen molar-refractivity contribution in [3.63, 3.8) is 0 Å². The summed E-state index contributed by atoms with van der Waals surface area (Å²) in [6, 6.07) is 4.68. The SMILES string of the molecule is O=C(Nc1ncnc(Cl)c1Cl)c1cccc(Cl)n1. The summed E-state index contributed by atoms with van der Waals surface area (Å²) in [4.78, 5) is 23.2. The van der Waals surface area contributed by atoms with Gasteiger partial charge in [0.1, 0.15) is 22.2 Å². The number of hydrogen-bond donors (Lipinski definition) is 1. The molecule has 1 N–H and O–H groups in total. The van der Waals surface area contributed by atoms with Crippen LogP contribution in [0.25, 0.3) is 0 Å². The molecule has 0 aliphatic heterocycles. The van der Waals surface area contributed by atoms with Crippen molar-refractivity contribution in [2.24, 2.45) is 0 Å². The summed E-state index contributed by atoms with van der Waals surface area (Å²) in [7, 11) is 0. The van der Waals surface area contributed by atoms with Gasteiger partial charge in [0, 0.05) is 0 Å². The van der Waals surface area contributed by atoms with Crippen molar-refractivity contribution in [3.8, 4) is 0 Å². The number of halogens is 3. The van der Waals surface area contributed by atoms with Crippen molar-refractivity contribution in [1.29, 1.82) is 0 Å². The van der Waals surface area contributed by atoms with Gasteiger partial charge in [-0.25, -0.2) is 15.0 Å². The van der Waals surface area contributed by atoms with Gasteiger partial charge in [0.25, 0.3) is 5.91 Å². The lowest BCUT2D eigenvalue weighted by molar-refractivity contribution is 0.102. The Hall–Kier alpha value is -1.43. The van der Waals surface area contributed by atoms with Crippen LogP contribution in [0.3, 0.4) is 0 Å². The predicted molar refractivity (Wildman–Crippen MR) is 69.3 cm³/mol. The lowest BCUT2D eigenvalue weighted by atomic mass is 10.3. The van der Waals surface area contributed by atoms with Crippen LogP contribution in [0, 0.1) is 0 Å². The highest BCUT2D eigenvalue weighted by atomic mass is 35.5. The van der Waals surface area contributed by atoms with E-state index in [0.29, 0.717) is 0 Å². The van der Waals surface area contributed by atoms with Gasteiger partial charge in [0.05, 0.1) is 0 Å². The Morgan fingerprint density at radius 3 is 2.67 bits per heavy atom. The first-order valence-electron chi connectivity index (χ1n) is 4.68. The quantitative estimate of drug-likeness (QED) is 0.684. The van der Waals surface area contributed by atoms with Crippen LogP contribution in [0.15, 0.2) is 24.5 Å². The van der Waals surface area contributed by atoms with Crippen molar-refractivity contribution in [1.82, 2.24) is 15.0 Å². The van der Waals surface area contributed by atoms with Crippen molar-refractivity contribution in [2.45, 2.75) is 0 Å². The van der Waals surface area contributed by atoms with E-state index in [-0.39, 0.29) is 26.8 Å². The van der Waals surface area contributed by atoms with E-state index in [1.54, 1.807) is 12.1 Å². The first kappa shape index (κ1) is 13.0. The minimum absolute atomic E-state index is 0.0565. The Kier molecular flexibility index (Phi) is 3.96. The van der Waals surface area contributed by atoms with Crippen LogP contribution in [-0.4, -0.2) is 20.9 Å². The average Bonchev–Trinajstić information content (AvgIpc) is 2.35. The van der Waals surface area contributed by atoms with Gasteiger partial charge in [-0.05, 0) is 12.1 Å². The molecule has 18 heavy (non-hydrogen) atoms. The number of pyridine rings is 1. The van der Waals surface area contributed by atoms with Crippen LogP contribution in [0.2, 0.25) is 15.3 Å². The summed E-state index contributed by atoms with van der Waals surface area (Å²) in [6.45, 7) is 0. The molecular formula is C10H5Cl3N4O. The van der Waals surface area contributed by atoms with Crippen LogP contribution in [0.1, 0.15) is 10.5 Å². The minimum atomic E-state index is -0.492. The Balaban J connectivity index is 2.24. The number of carbonyl (C=O) groups excluding carboxylic acids is 1. The van der Waals surface area contributed by atoms with Crippen LogP contribution < -0.4 is 5.32 Å². The average molecular weight is 304 g/mol. The molecule has 0 aliphatic carbocycles. The van der Waals surface area contributed by atoms with Crippen molar-refractivity contribution in [3.05, 3.63) is 45.5 Å². The van der Waals surface area contributed by atoms with E-state index in [2.05, 4.69) is 20.3 Å². The number of carbonyl (C=O) groups is 1. The summed E-state index contributed by atoms with van der Waals surface area (Å²) in [6.07, 6.45) is 1.19. The fourth-order valence-electron chi connectivity index (χ4n) is 1.14. The molecular weight excluding hydrogens is 298 g/mol. The number of amides is 1. The third-order valence-corrected chi connectivity index (χ3v) is 2.88. The number of anilines is 1. The Labute approximate surface area is 117 Å². The van der Waals surface area contributed by atoms with Gasteiger partial charge in [-0.15, -0.1) is 0 Å². The first-order chi connectivity index (χ1) is 8.58. The van der Waals surface area contributed by atoms with Crippen LogP contribution in [-0.2, 0) is 0 Å². The molecule has 1 amide bonds. The van der Waals surface area contributed by atoms with E-state index < -0.39 is 5.91 Å². The van der Waals surface area contributed by atoms with Gasteiger partial charge in [-0.3, -0.25) is 4.79 Å². The Morgan fingerprint density at radius 1 is 1.17 bits per heavy atom. The second kappa shape index (κ2) is 5.48. The molecule has 0 aromatic carbocycles. The summed E-state index contributed by atoms with van der Waals surface area (Å²) in [5, 5.41) is 2.80. The molecule has 2 heterocycles. The highest BCUT2D eigenvalue weighted by molar-refractivity contribution is 6.43. The largest absolute Gasteiger partial charge is 0.304 e. The van der Waals surface area contributed by atoms with Gasteiger partial charge >= 0.3 is 0 Å². The Bertz CT molecular complexity index is 605. The molecule has 2 aromatic heterocycles. The lowest BCUT2D eigenvalue weighted by Gasteiger charge is -2.05. The molecule has 92 valence electrons. The van der Waals surface area contributed by atoms with Gasteiger partial charge in [-0.1, -0.05) is 40.9 Å². The zero-order valence-corrected chi connectivity index (χ0v) is 11.0. The van der Waals surface area contributed by atoms with Gasteiger partial charge < -0.3 is 5.32 Å². The highest BCUT2D eigenvalue weighted by Gasteiger charge is 2.13. The number of aromatic nitrogens is 3. The molecule has 8 heteroatoms. The van der Waals surface area contributed by atoms with Crippen LogP contribution in [0.5, 0.6) is 0 Å². The van der Waals surface area contributed by atoms with Gasteiger partial charge in [0.2, 0.25) is 0 Å². The maximum atomic E-state index is 11.8. The van der Waals surface area contributed by atoms with Crippen LogP contribution >= 0.6 is 34.8 Å². The van der Waals surface area contributed by atoms with Gasteiger partial charge in [-0.2, -0.15) is 0 Å². The molecule has 0 unspecified atom stereocenters.